The Bertz CT molecular complexity index is 1220. The van der Waals surface area contributed by atoms with E-state index >= 15 is 0 Å². The first-order valence-corrected chi connectivity index (χ1v) is 8.87. The number of carbonyl (C=O) groups is 1. The zero-order valence-corrected chi connectivity index (χ0v) is 15.4. The van der Waals surface area contributed by atoms with Crippen molar-refractivity contribution in [3.05, 3.63) is 82.9 Å². The summed E-state index contributed by atoms with van der Waals surface area (Å²) < 4.78 is 40.0. The van der Waals surface area contributed by atoms with Crippen LogP contribution in [0.2, 0.25) is 5.02 Å². The molecule has 1 aromatic carbocycles. The van der Waals surface area contributed by atoms with Crippen molar-refractivity contribution in [2.24, 2.45) is 0 Å². The molecule has 4 aromatic rings. The third-order valence-corrected chi connectivity index (χ3v) is 4.57. The molecule has 5 nitrogen and oxygen atoms in total. The summed E-state index contributed by atoms with van der Waals surface area (Å²) in [6, 6.07) is 13.7. The molecule has 3 heterocycles. The van der Waals surface area contributed by atoms with Crippen molar-refractivity contribution in [2.75, 3.05) is 0 Å². The van der Waals surface area contributed by atoms with E-state index < -0.39 is 17.7 Å². The van der Waals surface area contributed by atoms with Gasteiger partial charge in [-0.2, -0.15) is 18.3 Å². The lowest BCUT2D eigenvalue weighted by molar-refractivity contribution is -0.141. The van der Waals surface area contributed by atoms with E-state index in [1.807, 2.05) is 6.07 Å². The molecule has 9 heteroatoms. The molecule has 0 aliphatic heterocycles. The second-order valence-electron chi connectivity index (χ2n) is 6.22. The number of benzene rings is 1. The van der Waals surface area contributed by atoms with Gasteiger partial charge in [-0.05, 0) is 30.3 Å². The monoisotopic (exact) mass is 416 g/mol. The van der Waals surface area contributed by atoms with Crippen LogP contribution in [0.25, 0.3) is 16.9 Å². The summed E-state index contributed by atoms with van der Waals surface area (Å²) in [5, 5.41) is 4.82. The number of hydrogen-bond acceptors (Lipinski definition) is 4. The third kappa shape index (κ3) is 3.84. The molecule has 0 saturated heterocycles. The van der Waals surface area contributed by atoms with Crippen LogP contribution in [0.4, 0.5) is 13.2 Å². The molecule has 0 aliphatic rings. The van der Waals surface area contributed by atoms with Crippen LogP contribution in [-0.2, 0) is 12.6 Å². The number of alkyl halides is 3. The van der Waals surface area contributed by atoms with Gasteiger partial charge in [0.05, 0.1) is 23.3 Å². The number of imidazole rings is 1. The van der Waals surface area contributed by atoms with Gasteiger partial charge in [-0.15, -0.1) is 0 Å². The Balaban J connectivity index is 1.67. The SMILES string of the molecule is O=C(Cc1cccc(C(F)(F)F)n1)c1ccc2ncc(-c3ccccc3Cl)n2n1. The minimum Gasteiger partial charge on any atom is -0.292 e. The van der Waals surface area contributed by atoms with Crippen molar-refractivity contribution in [1.82, 2.24) is 19.6 Å². The Morgan fingerprint density at radius 1 is 1.03 bits per heavy atom. The maximum Gasteiger partial charge on any atom is 0.433 e. The van der Waals surface area contributed by atoms with Gasteiger partial charge in [-0.3, -0.25) is 4.79 Å². The Morgan fingerprint density at radius 3 is 2.59 bits per heavy atom. The van der Waals surface area contributed by atoms with Gasteiger partial charge in [0.2, 0.25) is 0 Å². The Hall–Kier alpha value is -3.26. The van der Waals surface area contributed by atoms with E-state index in [9.17, 15) is 18.0 Å². The fourth-order valence-corrected chi connectivity index (χ4v) is 3.10. The molecule has 3 aromatic heterocycles. The highest BCUT2D eigenvalue weighted by atomic mass is 35.5. The van der Waals surface area contributed by atoms with Crippen LogP contribution >= 0.6 is 11.6 Å². The molecule has 0 amide bonds. The molecule has 4 rings (SSSR count). The highest BCUT2D eigenvalue weighted by Gasteiger charge is 2.32. The first kappa shape index (κ1) is 19.1. The van der Waals surface area contributed by atoms with Crippen molar-refractivity contribution in [3.8, 4) is 11.3 Å². The van der Waals surface area contributed by atoms with E-state index in [1.165, 1.54) is 22.7 Å². The first-order chi connectivity index (χ1) is 13.8. The van der Waals surface area contributed by atoms with Crippen LogP contribution in [0, 0.1) is 0 Å². The molecule has 0 unspecified atom stereocenters. The second-order valence-corrected chi connectivity index (χ2v) is 6.63. The van der Waals surface area contributed by atoms with Crippen LogP contribution in [0.1, 0.15) is 21.9 Å². The standard InChI is InChI=1S/C20H12ClF3N4O/c21-14-6-2-1-5-13(14)16-11-25-19-9-8-15(27-28(16)19)17(29)10-12-4-3-7-18(26-12)20(22,23)24/h1-9,11H,10H2. The summed E-state index contributed by atoms with van der Waals surface area (Å²) in [4.78, 5) is 20.4. The van der Waals surface area contributed by atoms with Gasteiger partial charge in [0.25, 0.3) is 0 Å². The number of Topliss-reactive ketones (excluding diaryl/α,β-unsaturated/α-hetero) is 1. The van der Waals surface area contributed by atoms with Crippen molar-refractivity contribution in [1.29, 1.82) is 0 Å². The lowest BCUT2D eigenvalue weighted by Crippen LogP contribution is -2.13. The van der Waals surface area contributed by atoms with Crippen LogP contribution in [0.15, 0.2) is 60.8 Å². The average Bonchev–Trinajstić information content (AvgIpc) is 3.11. The maximum atomic E-state index is 12.8. The molecule has 0 radical (unpaired) electrons. The molecule has 0 bridgehead atoms. The van der Waals surface area contributed by atoms with Gasteiger partial charge in [-0.1, -0.05) is 35.9 Å². The fourth-order valence-electron chi connectivity index (χ4n) is 2.87. The molecule has 0 aliphatic carbocycles. The number of nitrogens with zero attached hydrogens (tertiary/aromatic N) is 4. The van der Waals surface area contributed by atoms with Crippen LogP contribution in [0.3, 0.4) is 0 Å². The third-order valence-electron chi connectivity index (χ3n) is 4.24. The van der Waals surface area contributed by atoms with Crippen molar-refractivity contribution in [3.63, 3.8) is 0 Å². The molecular formula is C20H12ClF3N4O. The number of rotatable bonds is 4. The molecule has 0 spiro atoms. The Kier molecular flexibility index (Phi) is 4.79. The smallest absolute Gasteiger partial charge is 0.292 e. The minimum atomic E-state index is -4.57. The van der Waals surface area contributed by atoms with Crippen molar-refractivity contribution in [2.45, 2.75) is 12.6 Å². The highest BCUT2D eigenvalue weighted by Crippen LogP contribution is 2.28. The predicted octanol–water partition coefficient (Wildman–Crippen LogP) is 4.89. The number of fused-ring (bicyclic) bond motifs is 1. The number of ketones is 1. The minimum absolute atomic E-state index is 0.0173. The quantitative estimate of drug-likeness (QED) is 0.444. The summed E-state index contributed by atoms with van der Waals surface area (Å²) in [7, 11) is 0. The summed E-state index contributed by atoms with van der Waals surface area (Å²) in [5.74, 6) is -0.461. The molecule has 0 N–H and O–H groups in total. The zero-order chi connectivity index (χ0) is 20.6. The van der Waals surface area contributed by atoms with Crippen LogP contribution in [0.5, 0.6) is 0 Å². The predicted molar refractivity (Wildman–Crippen MR) is 101 cm³/mol. The van der Waals surface area contributed by atoms with Crippen LogP contribution in [-0.4, -0.2) is 25.4 Å². The van der Waals surface area contributed by atoms with Crippen LogP contribution < -0.4 is 0 Å². The molecular weight excluding hydrogens is 405 g/mol. The Labute approximate surface area is 167 Å². The molecule has 29 heavy (non-hydrogen) atoms. The zero-order valence-electron chi connectivity index (χ0n) is 14.7. The molecule has 0 atom stereocenters. The largest absolute Gasteiger partial charge is 0.433 e. The normalized spacial score (nSPS) is 11.7. The maximum absolute atomic E-state index is 12.8. The van der Waals surface area contributed by atoms with Gasteiger partial charge < -0.3 is 0 Å². The number of carbonyl (C=O) groups excluding carboxylic acids is 1. The number of halogens is 4. The average molecular weight is 417 g/mol. The highest BCUT2D eigenvalue weighted by molar-refractivity contribution is 6.33. The summed E-state index contributed by atoms with van der Waals surface area (Å²) in [6.07, 6.45) is -3.29. The van der Waals surface area contributed by atoms with E-state index in [2.05, 4.69) is 15.1 Å². The van der Waals surface area contributed by atoms with Crippen molar-refractivity contribution >= 4 is 23.0 Å². The van der Waals surface area contributed by atoms with E-state index in [-0.39, 0.29) is 17.8 Å². The van der Waals surface area contributed by atoms with Gasteiger partial charge in [-0.25, -0.2) is 14.5 Å². The summed E-state index contributed by atoms with van der Waals surface area (Å²) in [6.45, 7) is 0. The van der Waals surface area contributed by atoms with Gasteiger partial charge >= 0.3 is 6.18 Å². The van der Waals surface area contributed by atoms with E-state index in [4.69, 9.17) is 11.6 Å². The molecule has 0 fully saturated rings. The second kappa shape index (κ2) is 7.29. The summed E-state index contributed by atoms with van der Waals surface area (Å²) >= 11 is 6.24. The van der Waals surface area contributed by atoms with Crippen molar-refractivity contribution < 1.29 is 18.0 Å². The van der Waals surface area contributed by atoms with E-state index in [0.717, 1.165) is 6.07 Å². The van der Waals surface area contributed by atoms with Gasteiger partial charge in [0.15, 0.2) is 11.4 Å². The lowest BCUT2D eigenvalue weighted by atomic mass is 10.1. The number of pyridine rings is 1. The fraction of sp³-hybridized carbons (Fsp3) is 0.100. The van der Waals surface area contributed by atoms with Gasteiger partial charge in [0, 0.05) is 11.3 Å². The topological polar surface area (TPSA) is 60.2 Å². The number of aromatic nitrogens is 4. The summed E-state index contributed by atoms with van der Waals surface area (Å²) in [5.41, 5.74) is 0.859. The lowest BCUT2D eigenvalue weighted by Gasteiger charge is -2.08. The number of hydrogen-bond donors (Lipinski definition) is 0. The molecule has 146 valence electrons. The first-order valence-electron chi connectivity index (χ1n) is 8.49. The Morgan fingerprint density at radius 2 is 1.83 bits per heavy atom. The van der Waals surface area contributed by atoms with E-state index in [1.54, 1.807) is 30.5 Å². The van der Waals surface area contributed by atoms with Gasteiger partial charge in [0.1, 0.15) is 11.4 Å². The van der Waals surface area contributed by atoms with E-state index in [0.29, 0.717) is 21.9 Å². The molecule has 0 saturated carbocycles.